The second kappa shape index (κ2) is 6.53. The maximum Gasteiger partial charge on any atom is 0.0625 e. The maximum absolute atomic E-state index is 2.74. The van der Waals surface area contributed by atoms with Crippen molar-refractivity contribution in [3.63, 3.8) is 0 Å². The Balaban J connectivity index is 1.68. The van der Waals surface area contributed by atoms with Gasteiger partial charge in [0.25, 0.3) is 0 Å². The second-order valence-electron chi connectivity index (χ2n) is 6.03. The molecular weight excluding hydrogens is 232 g/mol. The maximum atomic E-state index is 2.74. The molecule has 0 amide bonds. The van der Waals surface area contributed by atoms with Crippen LogP contribution in [0.2, 0.25) is 0 Å². The van der Waals surface area contributed by atoms with Gasteiger partial charge < -0.3 is 0 Å². The van der Waals surface area contributed by atoms with Crippen LogP contribution in [-0.4, -0.2) is 35.6 Å². The summed E-state index contributed by atoms with van der Waals surface area (Å²) in [6, 6.07) is 11.0. The quantitative estimate of drug-likeness (QED) is 0.801. The summed E-state index contributed by atoms with van der Waals surface area (Å²) in [4.78, 5) is 5.45. The summed E-state index contributed by atoms with van der Waals surface area (Å²) in [6.07, 6.45) is 9.08. The molecule has 2 heterocycles. The molecule has 0 N–H and O–H groups in total. The van der Waals surface area contributed by atoms with E-state index < -0.39 is 0 Å². The molecule has 104 valence electrons. The van der Waals surface area contributed by atoms with Gasteiger partial charge in [0.15, 0.2) is 0 Å². The molecule has 2 nitrogen and oxygen atoms in total. The van der Waals surface area contributed by atoms with Gasteiger partial charge in [-0.05, 0) is 31.4 Å². The van der Waals surface area contributed by atoms with Crippen molar-refractivity contribution in [3.05, 3.63) is 35.9 Å². The topological polar surface area (TPSA) is 6.48 Å². The molecule has 2 fully saturated rings. The highest BCUT2D eigenvalue weighted by Crippen LogP contribution is 2.24. The third kappa shape index (κ3) is 3.37. The van der Waals surface area contributed by atoms with Gasteiger partial charge in [-0.2, -0.15) is 0 Å². The van der Waals surface area contributed by atoms with E-state index in [9.17, 15) is 0 Å². The molecule has 0 spiro atoms. The monoisotopic (exact) mass is 258 g/mol. The van der Waals surface area contributed by atoms with Gasteiger partial charge in [-0.1, -0.05) is 49.6 Å². The van der Waals surface area contributed by atoms with Crippen molar-refractivity contribution in [3.8, 4) is 0 Å². The lowest BCUT2D eigenvalue weighted by Gasteiger charge is -2.45. The fourth-order valence-corrected chi connectivity index (χ4v) is 3.63. The minimum atomic E-state index is 0.703. The van der Waals surface area contributed by atoms with Gasteiger partial charge in [-0.15, -0.1) is 0 Å². The molecule has 1 aromatic carbocycles. The molecule has 2 aliphatic heterocycles. The van der Waals surface area contributed by atoms with Crippen molar-refractivity contribution >= 4 is 0 Å². The first-order valence-corrected chi connectivity index (χ1v) is 7.95. The summed E-state index contributed by atoms with van der Waals surface area (Å²) in [5.74, 6) is 0. The zero-order valence-electron chi connectivity index (χ0n) is 11.9. The van der Waals surface area contributed by atoms with Crippen molar-refractivity contribution in [2.45, 2.75) is 51.2 Å². The van der Waals surface area contributed by atoms with Gasteiger partial charge in [0.05, 0.1) is 6.17 Å². The second-order valence-corrected chi connectivity index (χ2v) is 6.03. The van der Waals surface area contributed by atoms with Crippen molar-refractivity contribution in [2.75, 3.05) is 19.6 Å². The number of hydrogen-bond donors (Lipinski definition) is 0. The van der Waals surface area contributed by atoms with Gasteiger partial charge in [-0.3, -0.25) is 9.80 Å². The average Bonchev–Trinajstić information content (AvgIpc) is 2.41. The van der Waals surface area contributed by atoms with Crippen molar-refractivity contribution in [2.24, 2.45) is 0 Å². The molecule has 1 unspecified atom stereocenters. The Hall–Kier alpha value is -0.860. The fraction of sp³-hybridized carbons (Fsp3) is 0.647. The molecule has 2 aliphatic rings. The predicted molar refractivity (Wildman–Crippen MR) is 79.9 cm³/mol. The molecule has 0 bridgehead atoms. The normalized spacial score (nSPS) is 26.4. The van der Waals surface area contributed by atoms with E-state index >= 15 is 0 Å². The van der Waals surface area contributed by atoms with Crippen LogP contribution in [0.3, 0.4) is 0 Å². The summed E-state index contributed by atoms with van der Waals surface area (Å²) < 4.78 is 0. The molecule has 0 aromatic heterocycles. The molecule has 0 saturated carbocycles. The standard InChI is InChI=1S/C17H26N2/c1-2-7-12-18-13-8-14-19(17(18)11-6-1)15-16-9-4-3-5-10-16/h3-5,9-10,17H,1-2,6-8,11-15H2. The van der Waals surface area contributed by atoms with Crippen LogP contribution < -0.4 is 0 Å². The van der Waals surface area contributed by atoms with Gasteiger partial charge in [0.2, 0.25) is 0 Å². The number of hydrogen-bond acceptors (Lipinski definition) is 2. The van der Waals surface area contributed by atoms with Gasteiger partial charge >= 0.3 is 0 Å². The summed E-state index contributed by atoms with van der Waals surface area (Å²) in [7, 11) is 0. The Bertz CT molecular complexity index is 376. The van der Waals surface area contributed by atoms with E-state index in [2.05, 4.69) is 40.1 Å². The van der Waals surface area contributed by atoms with E-state index in [-0.39, 0.29) is 0 Å². The number of fused-ring (bicyclic) bond motifs is 1. The Kier molecular flexibility index (Phi) is 4.52. The Morgan fingerprint density at radius 1 is 0.842 bits per heavy atom. The largest absolute Gasteiger partial charge is 0.288 e. The van der Waals surface area contributed by atoms with Crippen molar-refractivity contribution in [1.82, 2.24) is 9.80 Å². The number of benzene rings is 1. The van der Waals surface area contributed by atoms with E-state index in [0.717, 1.165) is 6.54 Å². The van der Waals surface area contributed by atoms with E-state index in [1.807, 2.05) is 0 Å². The van der Waals surface area contributed by atoms with Crippen LogP contribution >= 0.6 is 0 Å². The lowest BCUT2D eigenvalue weighted by Crippen LogP contribution is -2.53. The van der Waals surface area contributed by atoms with Crippen LogP contribution in [-0.2, 0) is 6.54 Å². The highest BCUT2D eigenvalue weighted by molar-refractivity contribution is 5.14. The first-order chi connectivity index (χ1) is 9.43. The van der Waals surface area contributed by atoms with Crippen molar-refractivity contribution < 1.29 is 0 Å². The third-order valence-electron chi connectivity index (χ3n) is 4.62. The molecule has 1 atom stereocenters. The predicted octanol–water partition coefficient (Wildman–Crippen LogP) is 3.48. The summed E-state index contributed by atoms with van der Waals surface area (Å²) >= 11 is 0. The molecule has 3 rings (SSSR count). The van der Waals surface area contributed by atoms with Crippen LogP contribution in [0.25, 0.3) is 0 Å². The molecule has 2 saturated heterocycles. The van der Waals surface area contributed by atoms with Crippen molar-refractivity contribution in [1.29, 1.82) is 0 Å². The summed E-state index contributed by atoms with van der Waals surface area (Å²) in [5.41, 5.74) is 1.46. The SMILES string of the molecule is c1ccc(CN2CCCN3CCCCCCC32)cc1. The number of rotatable bonds is 2. The smallest absolute Gasteiger partial charge is 0.0625 e. The first kappa shape index (κ1) is 13.1. The lowest BCUT2D eigenvalue weighted by molar-refractivity contribution is -0.0131. The average molecular weight is 258 g/mol. The van der Waals surface area contributed by atoms with Gasteiger partial charge in [-0.25, -0.2) is 0 Å². The fourth-order valence-electron chi connectivity index (χ4n) is 3.63. The molecule has 0 radical (unpaired) electrons. The zero-order valence-corrected chi connectivity index (χ0v) is 11.9. The van der Waals surface area contributed by atoms with E-state index in [0.29, 0.717) is 6.17 Å². The van der Waals surface area contributed by atoms with E-state index in [4.69, 9.17) is 0 Å². The highest BCUT2D eigenvalue weighted by atomic mass is 15.4. The highest BCUT2D eigenvalue weighted by Gasteiger charge is 2.29. The van der Waals surface area contributed by atoms with E-state index in [1.165, 1.54) is 63.7 Å². The number of nitrogens with zero attached hydrogens (tertiary/aromatic N) is 2. The summed E-state index contributed by atoms with van der Waals surface area (Å²) in [6.45, 7) is 5.03. The van der Waals surface area contributed by atoms with Crippen LogP contribution in [0.4, 0.5) is 0 Å². The minimum absolute atomic E-state index is 0.703. The Labute approximate surface area is 117 Å². The Morgan fingerprint density at radius 3 is 2.53 bits per heavy atom. The molecular formula is C17H26N2. The zero-order chi connectivity index (χ0) is 12.9. The molecule has 1 aromatic rings. The van der Waals surface area contributed by atoms with Crippen LogP contribution in [0.5, 0.6) is 0 Å². The van der Waals surface area contributed by atoms with Crippen LogP contribution in [0, 0.1) is 0 Å². The van der Waals surface area contributed by atoms with E-state index in [1.54, 1.807) is 0 Å². The first-order valence-electron chi connectivity index (χ1n) is 7.95. The minimum Gasteiger partial charge on any atom is -0.288 e. The lowest BCUT2D eigenvalue weighted by atomic mass is 10.0. The molecule has 19 heavy (non-hydrogen) atoms. The summed E-state index contributed by atoms with van der Waals surface area (Å²) in [5, 5.41) is 0. The van der Waals surface area contributed by atoms with Crippen LogP contribution in [0.15, 0.2) is 30.3 Å². The molecule has 0 aliphatic carbocycles. The Morgan fingerprint density at radius 2 is 1.63 bits per heavy atom. The molecule has 2 heteroatoms. The van der Waals surface area contributed by atoms with Gasteiger partial charge in [0.1, 0.15) is 0 Å². The van der Waals surface area contributed by atoms with Gasteiger partial charge in [0, 0.05) is 19.6 Å². The van der Waals surface area contributed by atoms with Crippen LogP contribution in [0.1, 0.15) is 44.1 Å². The third-order valence-corrected chi connectivity index (χ3v) is 4.62.